The Morgan fingerprint density at radius 3 is 1.08 bits per heavy atom. The number of unbranched alkanes of at least 4 members (excludes halogenated alkanes) is 26. The number of esters is 2. The zero-order chi connectivity index (χ0) is 27.5. The molecule has 0 aromatic rings. The van der Waals surface area contributed by atoms with Crippen molar-refractivity contribution in [2.75, 3.05) is 0 Å². The highest BCUT2D eigenvalue weighted by Crippen LogP contribution is 2.20. The Morgan fingerprint density at radius 2 is 0.816 bits per heavy atom. The molecule has 0 amide bonds. The summed E-state index contributed by atoms with van der Waals surface area (Å²) in [7, 11) is 0. The van der Waals surface area contributed by atoms with E-state index in [0.29, 0.717) is 6.42 Å². The second kappa shape index (κ2) is 26.1. The fourth-order valence-electron chi connectivity index (χ4n) is 5.69. The van der Waals surface area contributed by atoms with Crippen LogP contribution in [0.1, 0.15) is 193 Å². The van der Waals surface area contributed by atoms with Gasteiger partial charge in [-0.05, 0) is 6.42 Å². The average molecular weight is 535 g/mol. The Bertz CT molecular complexity index is 585. The highest BCUT2D eigenvalue weighted by atomic mass is 16.6. The summed E-state index contributed by atoms with van der Waals surface area (Å²) in [6, 6.07) is 0. The Kier molecular flexibility index (Phi) is 23.9. The molecule has 4 nitrogen and oxygen atoms in total. The largest absolute Gasteiger partial charge is 0.393 e. The van der Waals surface area contributed by atoms with Crippen molar-refractivity contribution in [3.05, 3.63) is 0 Å². The van der Waals surface area contributed by atoms with Crippen molar-refractivity contribution < 1.29 is 19.1 Å². The molecule has 0 bridgehead atoms. The van der Waals surface area contributed by atoms with E-state index in [0.717, 1.165) is 19.3 Å². The first-order valence-electron chi connectivity index (χ1n) is 16.9. The zero-order valence-corrected chi connectivity index (χ0v) is 25.2. The lowest BCUT2D eigenvalue weighted by molar-refractivity contribution is -0.153. The molecule has 0 radical (unpaired) electrons. The first-order valence-corrected chi connectivity index (χ1v) is 16.9. The number of rotatable bonds is 29. The molecule has 0 spiro atoms. The van der Waals surface area contributed by atoms with Gasteiger partial charge in [0.15, 0.2) is 0 Å². The van der Waals surface area contributed by atoms with E-state index in [1.807, 2.05) is 0 Å². The fourth-order valence-corrected chi connectivity index (χ4v) is 5.69. The van der Waals surface area contributed by atoms with E-state index in [1.165, 1.54) is 154 Å². The first kappa shape index (κ1) is 34.8. The van der Waals surface area contributed by atoms with Gasteiger partial charge >= 0.3 is 11.9 Å². The number of ether oxygens (including phenoxy) is 1. The summed E-state index contributed by atoms with van der Waals surface area (Å²) in [6.45, 7) is 2.29. The number of Topliss-reactive ketones (excluding diaryl/α,β-unsaturated/α-hetero) is 1. The quantitative estimate of drug-likeness (QED) is 0.0544. The van der Waals surface area contributed by atoms with Crippen LogP contribution in [0.4, 0.5) is 0 Å². The maximum absolute atomic E-state index is 12.0. The molecule has 1 aliphatic heterocycles. The van der Waals surface area contributed by atoms with Gasteiger partial charge in [-0.1, -0.05) is 174 Å². The number of hydrogen-bond acceptors (Lipinski definition) is 4. The van der Waals surface area contributed by atoms with Gasteiger partial charge in [-0.3, -0.25) is 14.4 Å². The number of ketones is 1. The smallest absolute Gasteiger partial charge is 0.324 e. The predicted molar refractivity (Wildman–Crippen MR) is 159 cm³/mol. The minimum absolute atomic E-state index is 0.0584. The molecule has 1 unspecified atom stereocenters. The highest BCUT2D eigenvalue weighted by molar-refractivity contribution is 6.08. The molecule has 1 aliphatic rings. The summed E-state index contributed by atoms with van der Waals surface area (Å²) in [4.78, 5) is 34.5. The van der Waals surface area contributed by atoms with E-state index in [4.69, 9.17) is 0 Å². The molecular weight excluding hydrogens is 472 g/mol. The SMILES string of the molecule is CCCCCCCCCCCCCCCCCCCCCCCCCCCCCC(=O)C1CC(=O)OC1=O. The van der Waals surface area contributed by atoms with E-state index in [9.17, 15) is 14.4 Å². The van der Waals surface area contributed by atoms with Gasteiger partial charge in [0.2, 0.25) is 0 Å². The standard InChI is InChI=1S/C34H62O4/c1-2-3-4-5-6-7-8-9-10-11-12-13-14-15-16-17-18-19-20-21-22-23-24-25-26-27-28-29-32(35)31-30-33(36)38-34(31)37/h31H,2-30H2,1H3. The average Bonchev–Trinajstić information content (AvgIpc) is 3.25. The molecule has 0 aromatic carbocycles. The van der Waals surface area contributed by atoms with Gasteiger partial charge in [0.05, 0.1) is 6.42 Å². The Hall–Kier alpha value is -1.19. The minimum atomic E-state index is -0.827. The third kappa shape index (κ3) is 20.7. The molecule has 38 heavy (non-hydrogen) atoms. The van der Waals surface area contributed by atoms with Gasteiger partial charge in [0.25, 0.3) is 0 Å². The molecule has 4 heteroatoms. The second-order valence-corrected chi connectivity index (χ2v) is 12.0. The van der Waals surface area contributed by atoms with E-state index in [-0.39, 0.29) is 12.2 Å². The monoisotopic (exact) mass is 534 g/mol. The van der Waals surface area contributed by atoms with E-state index < -0.39 is 17.9 Å². The molecule has 1 rings (SSSR count). The van der Waals surface area contributed by atoms with E-state index in [2.05, 4.69) is 11.7 Å². The van der Waals surface area contributed by atoms with Gasteiger partial charge in [0, 0.05) is 6.42 Å². The van der Waals surface area contributed by atoms with Crippen molar-refractivity contribution in [1.29, 1.82) is 0 Å². The summed E-state index contributed by atoms with van der Waals surface area (Å²) in [6.07, 6.45) is 37.3. The molecule has 0 saturated carbocycles. The van der Waals surface area contributed by atoms with Crippen LogP contribution in [0.2, 0.25) is 0 Å². The normalized spacial score (nSPS) is 15.3. The number of cyclic esters (lactones) is 2. The van der Waals surface area contributed by atoms with Crippen molar-refractivity contribution in [2.45, 2.75) is 193 Å². The Balaban J connectivity index is 1.68. The maximum Gasteiger partial charge on any atom is 0.324 e. The molecule has 222 valence electrons. The van der Waals surface area contributed by atoms with Crippen LogP contribution in [0.25, 0.3) is 0 Å². The minimum Gasteiger partial charge on any atom is -0.393 e. The van der Waals surface area contributed by atoms with Crippen molar-refractivity contribution in [1.82, 2.24) is 0 Å². The van der Waals surface area contributed by atoms with Gasteiger partial charge in [-0.2, -0.15) is 0 Å². The zero-order valence-electron chi connectivity index (χ0n) is 25.2. The van der Waals surface area contributed by atoms with Crippen LogP contribution in [0.3, 0.4) is 0 Å². The summed E-state index contributed by atoms with van der Waals surface area (Å²) in [5, 5.41) is 0. The lowest BCUT2D eigenvalue weighted by Gasteiger charge is -2.05. The summed E-state index contributed by atoms with van der Waals surface area (Å²) >= 11 is 0. The maximum atomic E-state index is 12.0. The van der Waals surface area contributed by atoms with Crippen LogP contribution in [0.15, 0.2) is 0 Å². The van der Waals surface area contributed by atoms with Crippen LogP contribution < -0.4 is 0 Å². The van der Waals surface area contributed by atoms with Crippen LogP contribution in [-0.2, 0) is 19.1 Å². The second-order valence-electron chi connectivity index (χ2n) is 12.0. The highest BCUT2D eigenvalue weighted by Gasteiger charge is 2.38. The van der Waals surface area contributed by atoms with E-state index in [1.54, 1.807) is 0 Å². The number of hydrogen-bond donors (Lipinski definition) is 0. The van der Waals surface area contributed by atoms with Crippen molar-refractivity contribution in [2.24, 2.45) is 5.92 Å². The lowest BCUT2D eigenvalue weighted by Crippen LogP contribution is -2.18. The third-order valence-corrected chi connectivity index (χ3v) is 8.29. The number of carbonyl (C=O) groups is 3. The van der Waals surface area contributed by atoms with Crippen molar-refractivity contribution in [3.63, 3.8) is 0 Å². The molecule has 0 N–H and O–H groups in total. The summed E-state index contributed by atoms with van der Waals surface area (Å²) < 4.78 is 4.46. The molecule has 0 aliphatic carbocycles. The molecule has 0 aromatic heterocycles. The summed E-state index contributed by atoms with van der Waals surface area (Å²) in [5.74, 6) is -2.16. The fraction of sp³-hybridized carbons (Fsp3) is 0.912. The topological polar surface area (TPSA) is 60.4 Å². The Labute approximate surface area is 235 Å². The summed E-state index contributed by atoms with van der Waals surface area (Å²) in [5.41, 5.74) is 0. The molecule has 1 heterocycles. The lowest BCUT2D eigenvalue weighted by atomic mass is 9.97. The molecule has 1 atom stereocenters. The molecular formula is C34H62O4. The van der Waals surface area contributed by atoms with E-state index >= 15 is 0 Å². The van der Waals surface area contributed by atoms with Crippen molar-refractivity contribution in [3.8, 4) is 0 Å². The molecule has 1 fully saturated rings. The first-order chi connectivity index (χ1) is 18.6. The van der Waals surface area contributed by atoms with Gasteiger partial charge in [-0.25, -0.2) is 0 Å². The van der Waals surface area contributed by atoms with Gasteiger partial charge < -0.3 is 4.74 Å². The van der Waals surface area contributed by atoms with Gasteiger partial charge in [-0.15, -0.1) is 0 Å². The van der Waals surface area contributed by atoms with Crippen LogP contribution in [0.5, 0.6) is 0 Å². The van der Waals surface area contributed by atoms with Crippen molar-refractivity contribution >= 4 is 17.7 Å². The third-order valence-electron chi connectivity index (χ3n) is 8.29. The van der Waals surface area contributed by atoms with Gasteiger partial charge in [0.1, 0.15) is 11.7 Å². The van der Waals surface area contributed by atoms with Crippen LogP contribution in [-0.4, -0.2) is 17.7 Å². The molecule has 1 saturated heterocycles. The predicted octanol–water partition coefficient (Wildman–Crippen LogP) is 10.6. The number of carbonyl (C=O) groups excluding carboxylic acids is 3. The van der Waals surface area contributed by atoms with Crippen LogP contribution in [0, 0.1) is 5.92 Å². The Morgan fingerprint density at radius 1 is 0.526 bits per heavy atom. The van der Waals surface area contributed by atoms with Crippen LogP contribution >= 0.6 is 0 Å².